The molecule has 0 saturated heterocycles. The van der Waals surface area contributed by atoms with E-state index in [1.165, 1.54) is 15.6 Å². The summed E-state index contributed by atoms with van der Waals surface area (Å²) >= 11 is 0. The van der Waals surface area contributed by atoms with Crippen LogP contribution in [0.15, 0.2) is 170 Å². The quantitative estimate of drug-likeness (QED) is 0.138. The molecule has 0 unspecified atom stereocenters. The first kappa shape index (κ1) is 30.4. The van der Waals surface area contributed by atoms with Gasteiger partial charge in [0.2, 0.25) is 0 Å². The average Bonchev–Trinajstić information content (AvgIpc) is 3.52. The highest BCUT2D eigenvalue weighted by molar-refractivity contribution is 7.19. The molecule has 0 aliphatic rings. The van der Waals surface area contributed by atoms with Gasteiger partial charge in [-0.2, -0.15) is 36.5 Å². The average molecular weight is 653 g/mol. The summed E-state index contributed by atoms with van der Waals surface area (Å²) in [7, 11) is -2.89. The molecule has 233 valence electrons. The van der Waals surface area contributed by atoms with Crippen LogP contribution in [0.3, 0.4) is 0 Å². The van der Waals surface area contributed by atoms with Crippen molar-refractivity contribution in [1.82, 2.24) is 4.57 Å². The van der Waals surface area contributed by atoms with E-state index in [-0.39, 0.29) is 0 Å². The van der Waals surface area contributed by atoms with Gasteiger partial charge in [-0.05, 0) is 44.5 Å². The molecule has 7 aromatic carbocycles. The van der Waals surface area contributed by atoms with E-state index in [1.54, 1.807) is 0 Å². The number of rotatable bonds is 6. The third kappa shape index (κ3) is 4.72. The lowest BCUT2D eigenvalue weighted by Gasteiger charge is -2.47. The van der Waals surface area contributed by atoms with E-state index < -0.39 is 8.07 Å². The Morgan fingerprint density at radius 3 is 1.60 bits per heavy atom. The van der Waals surface area contributed by atoms with Gasteiger partial charge in [0.1, 0.15) is 0 Å². The predicted octanol–water partition coefficient (Wildman–Crippen LogP) is 7.44. The molecular weight excluding hydrogens is 625 g/mol. The molecule has 1 heterocycles. The minimum atomic E-state index is -2.89. The maximum absolute atomic E-state index is 10.9. The zero-order valence-corrected chi connectivity index (χ0v) is 28.0. The summed E-state index contributed by atoms with van der Waals surface area (Å²) in [5, 5.41) is 37.8. The van der Waals surface area contributed by atoms with E-state index in [4.69, 9.17) is 0 Å². The highest BCUT2D eigenvalue weighted by atomic mass is 28.3. The Balaban J connectivity index is 1.43. The van der Waals surface area contributed by atoms with Crippen molar-refractivity contribution in [3.05, 3.63) is 187 Å². The first-order valence-electron chi connectivity index (χ1n) is 16.4. The molecule has 1 aromatic heterocycles. The van der Waals surface area contributed by atoms with E-state index in [2.05, 4.69) is 120 Å². The third-order valence-electron chi connectivity index (χ3n) is 9.67. The lowest BCUT2D eigenvalue weighted by Crippen LogP contribution is -2.74. The second-order valence-electron chi connectivity index (χ2n) is 12.2. The Morgan fingerprint density at radius 1 is 0.420 bits per heavy atom. The van der Waals surface area contributed by atoms with Crippen molar-refractivity contribution in [2.75, 3.05) is 0 Å². The van der Waals surface area contributed by atoms with Gasteiger partial charge in [0, 0.05) is 21.9 Å². The van der Waals surface area contributed by atoms with E-state index in [9.17, 15) is 15.8 Å². The molecule has 5 heteroatoms. The van der Waals surface area contributed by atoms with Gasteiger partial charge < -0.3 is 4.57 Å². The molecule has 0 bridgehead atoms. The maximum Gasteiger partial charge on any atom is 0.0998 e. The zero-order chi connectivity index (χ0) is 34.1. The molecule has 0 atom stereocenters. The van der Waals surface area contributed by atoms with Gasteiger partial charge in [0.25, 0.3) is 0 Å². The smallest absolute Gasteiger partial charge is 0.0998 e. The Bertz CT molecular complexity index is 2580. The highest BCUT2D eigenvalue weighted by Crippen LogP contribution is 2.39. The van der Waals surface area contributed by atoms with Gasteiger partial charge in [-0.3, -0.25) is 0 Å². The Hall–Kier alpha value is -6.97. The maximum atomic E-state index is 10.9. The molecule has 0 radical (unpaired) electrons. The van der Waals surface area contributed by atoms with Gasteiger partial charge in [-0.1, -0.05) is 133 Å². The van der Waals surface area contributed by atoms with Crippen LogP contribution in [0, 0.1) is 34.0 Å². The standard InChI is InChI=1S/C45H28N4Si/c46-29-32-23-26-43-41(27-32)40-20-10-11-21-42(40)49(43)44-22-12-13-33(30-47)45(44)39-25-24-38(28-34(39)31-48)50(35-14-4-1-5-15-35,36-16-6-2-7-17-36)37-18-8-3-9-19-37/h1-28H/q-1. The number of para-hydroxylation sites is 1. The van der Waals surface area contributed by atoms with E-state index in [1.807, 2.05) is 72.8 Å². The first-order chi connectivity index (χ1) is 24.7. The summed E-state index contributed by atoms with van der Waals surface area (Å²) < 4.78 is 2.15. The summed E-state index contributed by atoms with van der Waals surface area (Å²) in [5.74, 6) is 0. The molecular formula is C45H28N4Si-. The van der Waals surface area contributed by atoms with Crippen LogP contribution in [-0.2, 0) is 0 Å². The summed E-state index contributed by atoms with van der Waals surface area (Å²) in [6.45, 7) is 0. The Labute approximate surface area is 291 Å². The molecule has 0 saturated carbocycles. The molecule has 0 fully saturated rings. The molecule has 0 amide bonds. The fraction of sp³-hybridized carbons (Fsp3) is 0. The second kappa shape index (κ2) is 12.6. The summed E-state index contributed by atoms with van der Waals surface area (Å²) in [6, 6.07) is 64.9. The van der Waals surface area contributed by atoms with Crippen molar-refractivity contribution in [3.8, 4) is 35.0 Å². The van der Waals surface area contributed by atoms with Crippen LogP contribution in [0.2, 0.25) is 0 Å². The molecule has 4 nitrogen and oxygen atoms in total. The van der Waals surface area contributed by atoms with Crippen molar-refractivity contribution in [2.24, 2.45) is 0 Å². The van der Waals surface area contributed by atoms with E-state index in [0.717, 1.165) is 32.7 Å². The van der Waals surface area contributed by atoms with E-state index in [0.29, 0.717) is 27.8 Å². The van der Waals surface area contributed by atoms with Crippen molar-refractivity contribution < 1.29 is 0 Å². The molecule has 0 N–H and O–H groups in total. The van der Waals surface area contributed by atoms with Crippen LogP contribution < -0.4 is 20.7 Å². The van der Waals surface area contributed by atoms with Gasteiger partial charge in [0.15, 0.2) is 0 Å². The van der Waals surface area contributed by atoms with Gasteiger partial charge in [-0.25, -0.2) is 0 Å². The molecule has 0 aliphatic heterocycles. The number of hydrogen-bond donors (Lipinski definition) is 0. The van der Waals surface area contributed by atoms with Crippen LogP contribution in [-0.4, -0.2) is 12.6 Å². The lowest BCUT2D eigenvalue weighted by atomic mass is 9.94. The van der Waals surface area contributed by atoms with Gasteiger partial charge in [0.05, 0.1) is 51.6 Å². The topological polar surface area (TPSA) is 76.3 Å². The lowest BCUT2D eigenvalue weighted by molar-refractivity contribution is 1.18. The molecule has 8 aromatic rings. The third-order valence-corrected chi connectivity index (χ3v) is 14.4. The van der Waals surface area contributed by atoms with Crippen LogP contribution in [0.1, 0.15) is 16.7 Å². The Kier molecular flexibility index (Phi) is 7.63. The first-order valence-corrected chi connectivity index (χ1v) is 18.4. The second-order valence-corrected chi connectivity index (χ2v) is 16.0. The number of aromatic nitrogens is 1. The number of nitrogens with zero attached hydrogens (tertiary/aromatic N) is 4. The zero-order valence-electron chi connectivity index (χ0n) is 27.0. The van der Waals surface area contributed by atoms with Crippen LogP contribution in [0.25, 0.3) is 38.6 Å². The largest absolute Gasteiger partial charge is 0.309 e. The monoisotopic (exact) mass is 652 g/mol. The molecule has 8 rings (SSSR count). The minimum absolute atomic E-state index is 0.476. The van der Waals surface area contributed by atoms with Crippen LogP contribution in [0.5, 0.6) is 0 Å². The fourth-order valence-electron chi connectivity index (χ4n) is 7.56. The SMILES string of the molecule is N#Cc1ccc2c(c1)c1ccccc1n2-c1cccc(C#N)c1-c1ccc([Si-](c2ccccc2)(c2ccccc2)c2ccccc2)cc1C#N. The van der Waals surface area contributed by atoms with Crippen LogP contribution in [0.4, 0.5) is 0 Å². The number of fused-ring (bicyclic) bond motifs is 3. The Morgan fingerprint density at radius 2 is 1.00 bits per heavy atom. The van der Waals surface area contributed by atoms with Gasteiger partial charge >= 0.3 is 0 Å². The van der Waals surface area contributed by atoms with Gasteiger partial charge in [-0.15, -0.1) is 0 Å². The molecule has 0 spiro atoms. The number of benzene rings is 7. The highest BCUT2D eigenvalue weighted by Gasteiger charge is 2.29. The van der Waals surface area contributed by atoms with Crippen molar-refractivity contribution >= 4 is 50.6 Å². The molecule has 50 heavy (non-hydrogen) atoms. The number of hydrogen-bond acceptors (Lipinski definition) is 3. The normalized spacial score (nSPS) is 11.1. The summed E-state index contributed by atoms with van der Waals surface area (Å²) in [6.07, 6.45) is 0. The van der Waals surface area contributed by atoms with Crippen molar-refractivity contribution in [2.45, 2.75) is 0 Å². The fourth-order valence-corrected chi connectivity index (χ4v) is 12.3. The van der Waals surface area contributed by atoms with Crippen LogP contribution >= 0.6 is 0 Å². The van der Waals surface area contributed by atoms with Crippen molar-refractivity contribution in [1.29, 1.82) is 15.8 Å². The molecule has 0 aliphatic carbocycles. The number of nitriles is 3. The minimum Gasteiger partial charge on any atom is -0.309 e. The predicted molar refractivity (Wildman–Crippen MR) is 204 cm³/mol. The van der Waals surface area contributed by atoms with E-state index >= 15 is 0 Å². The summed E-state index contributed by atoms with van der Waals surface area (Å²) in [5.41, 5.74) is 5.60. The summed E-state index contributed by atoms with van der Waals surface area (Å²) in [4.78, 5) is 0. The van der Waals surface area contributed by atoms with Crippen molar-refractivity contribution in [3.63, 3.8) is 0 Å².